The fourth-order valence-corrected chi connectivity index (χ4v) is 6.73. The van der Waals surface area contributed by atoms with Gasteiger partial charge in [0.1, 0.15) is 0 Å². The van der Waals surface area contributed by atoms with Gasteiger partial charge in [-0.25, -0.2) is 9.79 Å². The molecule has 2 aromatic heterocycles. The van der Waals surface area contributed by atoms with Gasteiger partial charge in [0.2, 0.25) is 0 Å². The second-order valence-electron chi connectivity index (χ2n) is 11.4. The largest absolute Gasteiger partial charge is 0.463 e. The summed E-state index contributed by atoms with van der Waals surface area (Å²) in [5.41, 5.74) is 5.62. The first-order valence-corrected chi connectivity index (χ1v) is 15.6. The van der Waals surface area contributed by atoms with Crippen LogP contribution in [0.25, 0.3) is 22.7 Å². The van der Waals surface area contributed by atoms with Crippen molar-refractivity contribution in [3.8, 4) is 0 Å². The summed E-state index contributed by atoms with van der Waals surface area (Å²) < 4.78 is 10.1. The molecular weight excluding hydrogens is 554 g/mol. The van der Waals surface area contributed by atoms with E-state index >= 15 is 0 Å². The lowest BCUT2D eigenvalue weighted by Crippen LogP contribution is -2.40. The van der Waals surface area contributed by atoms with E-state index in [-0.39, 0.29) is 18.2 Å². The molecule has 218 valence electrons. The van der Waals surface area contributed by atoms with Crippen LogP contribution in [0, 0.1) is 0 Å². The maximum absolute atomic E-state index is 14.3. The van der Waals surface area contributed by atoms with E-state index in [1.165, 1.54) is 16.9 Å². The number of carbonyl (C=O) groups excluding carboxylic acids is 1. The van der Waals surface area contributed by atoms with Crippen LogP contribution in [0.3, 0.4) is 0 Å². The quantitative estimate of drug-likeness (QED) is 0.201. The van der Waals surface area contributed by atoms with Crippen LogP contribution in [0.2, 0.25) is 0 Å². The average Bonchev–Trinajstić information content (AvgIpc) is 3.54. The van der Waals surface area contributed by atoms with Gasteiger partial charge in [0.25, 0.3) is 5.56 Å². The normalized spacial score (nSPS) is 15.3. The lowest BCUT2D eigenvalue weighted by molar-refractivity contribution is -0.138. The smallest absolute Gasteiger partial charge is 0.338 e. The predicted octanol–water partition coefficient (Wildman–Crippen LogP) is 6.59. The summed E-state index contributed by atoms with van der Waals surface area (Å²) in [6, 6.07) is 25.6. The van der Waals surface area contributed by atoms with Crippen LogP contribution in [0.15, 0.2) is 100 Å². The molecule has 0 amide bonds. The summed E-state index contributed by atoms with van der Waals surface area (Å²) in [4.78, 5) is 33.6. The summed E-state index contributed by atoms with van der Waals surface area (Å²) in [6.45, 7) is 10.6. The summed E-state index contributed by atoms with van der Waals surface area (Å²) in [5.74, 6) is -0.124. The van der Waals surface area contributed by atoms with Gasteiger partial charge in [0, 0.05) is 34.3 Å². The standard InChI is InChI=1S/C36H35N3O3S/c1-6-42-35(41)31-32(25-12-8-7-9-13-25)37-36-39(33(31)26-18-16-24(17-19-26)22(2)3)34(40)30(43-36)20-27-21-38(23(4)5)29-15-11-10-14-28(27)29/h7-23,33H,6H2,1-5H3/b30-20-/t33-/m1/s1. The lowest BCUT2D eigenvalue weighted by Gasteiger charge is -2.26. The van der Waals surface area contributed by atoms with E-state index in [9.17, 15) is 9.59 Å². The van der Waals surface area contributed by atoms with E-state index in [0.717, 1.165) is 27.6 Å². The van der Waals surface area contributed by atoms with Gasteiger partial charge >= 0.3 is 5.97 Å². The van der Waals surface area contributed by atoms with Crippen molar-refractivity contribution in [1.82, 2.24) is 9.13 Å². The Labute approximate surface area is 254 Å². The van der Waals surface area contributed by atoms with E-state index in [0.29, 0.717) is 26.5 Å². The Balaban J connectivity index is 1.64. The fraction of sp³-hybridized carbons (Fsp3) is 0.250. The number of hydrogen-bond acceptors (Lipinski definition) is 5. The molecule has 5 aromatic rings. The molecule has 6 nitrogen and oxygen atoms in total. The second-order valence-corrected chi connectivity index (χ2v) is 12.4. The highest BCUT2D eigenvalue weighted by Crippen LogP contribution is 2.35. The van der Waals surface area contributed by atoms with Crippen LogP contribution in [0.5, 0.6) is 0 Å². The van der Waals surface area contributed by atoms with Crippen molar-refractivity contribution >= 4 is 40.0 Å². The number of esters is 1. The zero-order valence-electron chi connectivity index (χ0n) is 25.1. The molecule has 1 aliphatic heterocycles. The molecule has 0 radical (unpaired) electrons. The third-order valence-electron chi connectivity index (χ3n) is 7.91. The van der Waals surface area contributed by atoms with Crippen molar-refractivity contribution in [2.75, 3.05) is 6.61 Å². The van der Waals surface area contributed by atoms with Crippen LogP contribution in [0.4, 0.5) is 0 Å². The van der Waals surface area contributed by atoms with Gasteiger partial charge in [-0.2, -0.15) is 0 Å². The molecule has 3 heterocycles. The Morgan fingerprint density at radius 2 is 1.67 bits per heavy atom. The first kappa shape index (κ1) is 28.6. The average molecular weight is 590 g/mol. The number of para-hydroxylation sites is 1. The minimum absolute atomic E-state index is 0.183. The number of rotatable bonds is 7. The molecule has 0 bridgehead atoms. The molecule has 0 spiro atoms. The van der Waals surface area contributed by atoms with Crippen LogP contribution >= 0.6 is 11.3 Å². The van der Waals surface area contributed by atoms with Crippen molar-refractivity contribution in [2.24, 2.45) is 4.99 Å². The number of ether oxygens (including phenoxy) is 1. The SMILES string of the molecule is CCOC(=O)C1=C(c2ccccc2)N=c2s/c(=C\c3cn(C(C)C)c4ccccc34)c(=O)n2[C@@H]1c1ccc(C(C)C)cc1. The molecule has 0 fully saturated rings. The Bertz CT molecular complexity index is 2030. The van der Waals surface area contributed by atoms with Crippen molar-refractivity contribution in [3.63, 3.8) is 0 Å². The van der Waals surface area contributed by atoms with Crippen LogP contribution < -0.4 is 14.9 Å². The molecule has 43 heavy (non-hydrogen) atoms. The molecular formula is C36H35N3O3S. The monoisotopic (exact) mass is 589 g/mol. The maximum Gasteiger partial charge on any atom is 0.338 e. The number of benzene rings is 3. The molecule has 0 unspecified atom stereocenters. The van der Waals surface area contributed by atoms with E-state index in [1.807, 2.05) is 60.7 Å². The van der Waals surface area contributed by atoms with Gasteiger partial charge in [0.15, 0.2) is 4.80 Å². The number of hydrogen-bond donors (Lipinski definition) is 0. The molecule has 0 saturated heterocycles. The molecule has 3 aromatic carbocycles. The molecule has 7 heteroatoms. The van der Waals surface area contributed by atoms with E-state index in [1.54, 1.807) is 11.5 Å². The number of carbonyl (C=O) groups is 1. The number of fused-ring (bicyclic) bond motifs is 2. The third kappa shape index (κ3) is 5.19. The van der Waals surface area contributed by atoms with Gasteiger partial charge in [-0.15, -0.1) is 0 Å². The van der Waals surface area contributed by atoms with Crippen molar-refractivity contribution < 1.29 is 9.53 Å². The van der Waals surface area contributed by atoms with Crippen molar-refractivity contribution in [1.29, 1.82) is 0 Å². The highest BCUT2D eigenvalue weighted by atomic mass is 32.1. The molecule has 0 saturated carbocycles. The highest BCUT2D eigenvalue weighted by molar-refractivity contribution is 7.07. The molecule has 1 atom stereocenters. The Kier molecular flexibility index (Phi) is 7.75. The fourth-order valence-electron chi connectivity index (χ4n) is 5.73. The van der Waals surface area contributed by atoms with Gasteiger partial charge in [-0.3, -0.25) is 9.36 Å². The summed E-state index contributed by atoms with van der Waals surface area (Å²) in [6.07, 6.45) is 4.06. The first-order valence-electron chi connectivity index (χ1n) is 14.8. The van der Waals surface area contributed by atoms with Crippen LogP contribution in [0.1, 0.15) is 74.9 Å². The van der Waals surface area contributed by atoms with Crippen molar-refractivity contribution in [2.45, 2.75) is 52.6 Å². The highest BCUT2D eigenvalue weighted by Gasteiger charge is 2.35. The van der Waals surface area contributed by atoms with Crippen molar-refractivity contribution in [3.05, 3.63) is 133 Å². The zero-order valence-corrected chi connectivity index (χ0v) is 25.9. The second kappa shape index (κ2) is 11.7. The van der Waals surface area contributed by atoms with Gasteiger partial charge in [0.05, 0.1) is 28.5 Å². The van der Waals surface area contributed by atoms with Gasteiger partial charge in [-0.05, 0) is 50.0 Å². The third-order valence-corrected chi connectivity index (χ3v) is 8.89. The first-order chi connectivity index (χ1) is 20.8. The van der Waals surface area contributed by atoms with Gasteiger partial charge < -0.3 is 9.30 Å². The molecule has 0 N–H and O–H groups in total. The minimum Gasteiger partial charge on any atom is -0.463 e. The summed E-state index contributed by atoms with van der Waals surface area (Å²) in [5, 5.41) is 1.08. The Hall–Kier alpha value is -4.49. The summed E-state index contributed by atoms with van der Waals surface area (Å²) in [7, 11) is 0. The van der Waals surface area contributed by atoms with E-state index < -0.39 is 12.0 Å². The molecule has 1 aliphatic rings. The maximum atomic E-state index is 14.3. The van der Waals surface area contributed by atoms with E-state index in [4.69, 9.17) is 9.73 Å². The lowest BCUT2D eigenvalue weighted by atomic mass is 9.91. The summed E-state index contributed by atoms with van der Waals surface area (Å²) >= 11 is 1.35. The predicted molar refractivity (Wildman–Crippen MR) is 174 cm³/mol. The zero-order chi connectivity index (χ0) is 30.2. The van der Waals surface area contributed by atoms with E-state index in [2.05, 4.69) is 62.7 Å². The molecule has 0 aliphatic carbocycles. The number of thiazole rings is 1. The minimum atomic E-state index is -0.689. The number of aromatic nitrogens is 2. The Morgan fingerprint density at radius 1 is 0.977 bits per heavy atom. The van der Waals surface area contributed by atoms with Crippen LogP contribution in [-0.4, -0.2) is 21.7 Å². The Morgan fingerprint density at radius 3 is 2.35 bits per heavy atom. The molecule has 6 rings (SSSR count). The van der Waals surface area contributed by atoms with Gasteiger partial charge in [-0.1, -0.05) is 98.0 Å². The number of nitrogens with zero attached hydrogens (tertiary/aromatic N) is 3. The topological polar surface area (TPSA) is 65.6 Å². The van der Waals surface area contributed by atoms with Crippen LogP contribution in [-0.2, 0) is 9.53 Å².